The van der Waals surface area contributed by atoms with Crippen LogP contribution in [0.15, 0.2) is 30.6 Å². The van der Waals surface area contributed by atoms with Crippen molar-refractivity contribution in [2.24, 2.45) is 5.41 Å². The van der Waals surface area contributed by atoms with Crippen molar-refractivity contribution in [1.82, 2.24) is 15.4 Å². The van der Waals surface area contributed by atoms with E-state index in [1.54, 1.807) is 25.3 Å². The van der Waals surface area contributed by atoms with E-state index in [0.717, 1.165) is 0 Å². The summed E-state index contributed by atoms with van der Waals surface area (Å²) < 4.78 is 0. The summed E-state index contributed by atoms with van der Waals surface area (Å²) in [5, 5.41) is 10.6. The molecule has 0 bridgehead atoms. The van der Waals surface area contributed by atoms with Crippen molar-refractivity contribution in [3.8, 4) is 0 Å². The highest BCUT2D eigenvalue weighted by molar-refractivity contribution is 6.03. The van der Waals surface area contributed by atoms with E-state index in [0.29, 0.717) is 5.95 Å². The standard InChI is InChI=1S/C12H14N4O3/c1-16(11-13-7-4-8-14-11)15-9(17)12(10(18)19)5-2-3-6-12/h2-4,7-8H,5-6H2,1H3,(H,15,17)(H,18,19). The van der Waals surface area contributed by atoms with E-state index >= 15 is 0 Å². The van der Waals surface area contributed by atoms with Gasteiger partial charge in [0.2, 0.25) is 5.95 Å². The molecule has 1 aromatic rings. The van der Waals surface area contributed by atoms with Gasteiger partial charge in [0, 0.05) is 19.4 Å². The zero-order valence-corrected chi connectivity index (χ0v) is 10.4. The molecule has 2 N–H and O–H groups in total. The predicted molar refractivity (Wildman–Crippen MR) is 67.0 cm³/mol. The molecule has 1 aliphatic rings. The number of amides is 1. The summed E-state index contributed by atoms with van der Waals surface area (Å²) >= 11 is 0. The summed E-state index contributed by atoms with van der Waals surface area (Å²) in [4.78, 5) is 31.4. The van der Waals surface area contributed by atoms with Gasteiger partial charge in [-0.05, 0) is 18.9 Å². The Kier molecular flexibility index (Phi) is 3.46. The molecule has 1 amide bonds. The van der Waals surface area contributed by atoms with Gasteiger partial charge in [-0.1, -0.05) is 12.2 Å². The Morgan fingerprint density at radius 1 is 1.32 bits per heavy atom. The molecule has 2 rings (SSSR count). The topological polar surface area (TPSA) is 95.4 Å². The van der Waals surface area contributed by atoms with Crippen molar-refractivity contribution in [1.29, 1.82) is 0 Å². The fraction of sp³-hybridized carbons (Fsp3) is 0.333. The highest BCUT2D eigenvalue weighted by Gasteiger charge is 2.47. The molecule has 0 aromatic carbocycles. The van der Waals surface area contributed by atoms with E-state index in [2.05, 4.69) is 15.4 Å². The average molecular weight is 262 g/mol. The summed E-state index contributed by atoms with van der Waals surface area (Å²) in [6.45, 7) is 0. The first-order chi connectivity index (χ1) is 9.06. The van der Waals surface area contributed by atoms with Crippen molar-refractivity contribution >= 4 is 17.8 Å². The van der Waals surface area contributed by atoms with E-state index in [-0.39, 0.29) is 12.8 Å². The fourth-order valence-electron chi connectivity index (χ4n) is 1.88. The summed E-state index contributed by atoms with van der Waals surface area (Å²) in [7, 11) is 1.56. The van der Waals surface area contributed by atoms with Gasteiger partial charge in [0.1, 0.15) is 0 Å². The van der Waals surface area contributed by atoms with Crippen molar-refractivity contribution in [2.75, 3.05) is 12.1 Å². The molecule has 7 nitrogen and oxygen atoms in total. The third kappa shape index (κ3) is 2.40. The van der Waals surface area contributed by atoms with Crippen LogP contribution in [0.25, 0.3) is 0 Å². The quantitative estimate of drug-likeness (QED) is 0.462. The molecular weight excluding hydrogens is 248 g/mol. The number of carboxylic acid groups (broad SMARTS) is 1. The Bertz CT molecular complexity index is 507. The predicted octanol–water partition coefficient (Wildman–Crippen LogP) is 0.365. The molecule has 0 saturated carbocycles. The second kappa shape index (κ2) is 5.05. The van der Waals surface area contributed by atoms with Crippen molar-refractivity contribution in [3.05, 3.63) is 30.6 Å². The van der Waals surface area contributed by atoms with Crippen molar-refractivity contribution in [3.63, 3.8) is 0 Å². The first kappa shape index (κ1) is 13.0. The summed E-state index contributed by atoms with van der Waals surface area (Å²) in [6.07, 6.45) is 6.86. The second-order valence-electron chi connectivity index (χ2n) is 4.32. The SMILES string of the molecule is CN(NC(=O)C1(C(=O)O)CC=CC1)c1ncccn1. The molecule has 0 aliphatic heterocycles. The number of aliphatic carboxylic acids is 1. The zero-order valence-electron chi connectivity index (χ0n) is 10.4. The monoisotopic (exact) mass is 262 g/mol. The number of allylic oxidation sites excluding steroid dienone is 2. The first-order valence-corrected chi connectivity index (χ1v) is 5.76. The molecule has 1 aromatic heterocycles. The van der Waals surface area contributed by atoms with Gasteiger partial charge in [0.05, 0.1) is 0 Å². The van der Waals surface area contributed by atoms with Crippen LogP contribution in [0.1, 0.15) is 12.8 Å². The van der Waals surface area contributed by atoms with Crippen LogP contribution in [-0.2, 0) is 9.59 Å². The lowest BCUT2D eigenvalue weighted by Gasteiger charge is -2.26. The number of hydrogen-bond acceptors (Lipinski definition) is 5. The average Bonchev–Trinajstić information content (AvgIpc) is 2.90. The van der Waals surface area contributed by atoms with Crippen LogP contribution < -0.4 is 10.4 Å². The molecule has 1 aliphatic carbocycles. The lowest BCUT2D eigenvalue weighted by molar-refractivity contribution is -0.155. The van der Waals surface area contributed by atoms with Crippen LogP contribution in [0.3, 0.4) is 0 Å². The summed E-state index contributed by atoms with van der Waals surface area (Å²) in [6, 6.07) is 1.65. The van der Waals surface area contributed by atoms with E-state index in [9.17, 15) is 14.7 Å². The van der Waals surface area contributed by atoms with Gasteiger partial charge in [-0.2, -0.15) is 0 Å². The Labute approximate surface area is 109 Å². The normalized spacial score (nSPS) is 16.1. The zero-order chi connectivity index (χ0) is 13.9. The van der Waals surface area contributed by atoms with Crippen molar-refractivity contribution < 1.29 is 14.7 Å². The van der Waals surface area contributed by atoms with Crippen LogP contribution in [0.2, 0.25) is 0 Å². The lowest BCUT2D eigenvalue weighted by atomic mass is 9.85. The molecule has 7 heteroatoms. The minimum atomic E-state index is -1.43. The Morgan fingerprint density at radius 2 is 1.89 bits per heavy atom. The van der Waals surface area contributed by atoms with E-state index in [1.165, 1.54) is 17.4 Å². The van der Waals surface area contributed by atoms with Gasteiger partial charge >= 0.3 is 5.97 Å². The van der Waals surface area contributed by atoms with Gasteiger partial charge in [-0.15, -0.1) is 0 Å². The maximum absolute atomic E-state index is 12.2. The third-order valence-electron chi connectivity index (χ3n) is 3.06. The van der Waals surface area contributed by atoms with Gasteiger partial charge in [0.15, 0.2) is 5.41 Å². The molecule has 0 saturated heterocycles. The van der Waals surface area contributed by atoms with Gasteiger partial charge in [-0.3, -0.25) is 20.0 Å². The molecule has 0 spiro atoms. The smallest absolute Gasteiger partial charge is 0.319 e. The number of hydrogen-bond donors (Lipinski definition) is 2. The minimum Gasteiger partial charge on any atom is -0.480 e. The van der Waals surface area contributed by atoms with Crippen LogP contribution in [-0.4, -0.2) is 34.0 Å². The van der Waals surface area contributed by atoms with Gasteiger partial charge < -0.3 is 5.11 Å². The highest BCUT2D eigenvalue weighted by Crippen LogP contribution is 2.33. The van der Waals surface area contributed by atoms with Gasteiger partial charge in [-0.25, -0.2) is 9.97 Å². The van der Waals surface area contributed by atoms with Crippen LogP contribution in [0.4, 0.5) is 5.95 Å². The molecule has 100 valence electrons. The fourth-order valence-corrected chi connectivity index (χ4v) is 1.88. The number of nitrogens with one attached hydrogen (secondary N) is 1. The van der Waals surface area contributed by atoms with E-state index in [1.807, 2.05) is 0 Å². The number of carbonyl (C=O) groups is 2. The molecule has 0 radical (unpaired) electrons. The number of hydrazine groups is 1. The van der Waals surface area contributed by atoms with Crippen molar-refractivity contribution in [2.45, 2.75) is 12.8 Å². The maximum atomic E-state index is 12.2. The Hall–Kier alpha value is -2.44. The number of carbonyl (C=O) groups excluding carboxylic acids is 1. The molecule has 0 atom stereocenters. The summed E-state index contributed by atoms with van der Waals surface area (Å²) in [5.74, 6) is -1.40. The first-order valence-electron chi connectivity index (χ1n) is 5.76. The minimum absolute atomic E-state index is 0.192. The number of nitrogens with zero attached hydrogens (tertiary/aromatic N) is 3. The number of rotatable bonds is 4. The molecule has 0 fully saturated rings. The van der Waals surface area contributed by atoms with E-state index in [4.69, 9.17) is 0 Å². The lowest BCUT2D eigenvalue weighted by Crippen LogP contribution is -2.51. The highest BCUT2D eigenvalue weighted by atomic mass is 16.4. The van der Waals surface area contributed by atoms with Crippen LogP contribution >= 0.6 is 0 Å². The number of aromatic nitrogens is 2. The number of carboxylic acids is 1. The largest absolute Gasteiger partial charge is 0.480 e. The molecular formula is C12H14N4O3. The maximum Gasteiger partial charge on any atom is 0.319 e. The number of anilines is 1. The second-order valence-corrected chi connectivity index (χ2v) is 4.32. The van der Waals surface area contributed by atoms with Gasteiger partial charge in [0.25, 0.3) is 5.91 Å². The summed E-state index contributed by atoms with van der Waals surface area (Å²) in [5.41, 5.74) is 1.08. The van der Waals surface area contributed by atoms with E-state index < -0.39 is 17.3 Å². The molecule has 19 heavy (non-hydrogen) atoms. The Balaban J connectivity index is 2.10. The third-order valence-corrected chi connectivity index (χ3v) is 3.06. The van der Waals surface area contributed by atoms with Crippen LogP contribution in [0.5, 0.6) is 0 Å². The van der Waals surface area contributed by atoms with Crippen LogP contribution in [0, 0.1) is 5.41 Å². The molecule has 0 unspecified atom stereocenters. The molecule has 1 heterocycles. The Morgan fingerprint density at radius 3 is 2.42 bits per heavy atom.